The van der Waals surface area contributed by atoms with E-state index < -0.39 is 0 Å². The molecule has 1 heterocycles. The van der Waals surface area contributed by atoms with Crippen LogP contribution in [0.15, 0.2) is 29.2 Å². The number of benzene rings is 1. The first kappa shape index (κ1) is 9.58. The van der Waals surface area contributed by atoms with E-state index in [0.29, 0.717) is 17.0 Å². The third-order valence-corrected chi connectivity index (χ3v) is 3.11. The first-order chi connectivity index (χ1) is 7.66. The Morgan fingerprint density at radius 1 is 1.38 bits per heavy atom. The number of aromatic nitrogens is 1. The summed E-state index contributed by atoms with van der Waals surface area (Å²) in [4.78, 5) is 11.9. The number of pyridine rings is 1. The molecule has 1 fully saturated rings. The molecule has 3 heteroatoms. The van der Waals surface area contributed by atoms with Gasteiger partial charge in [0.25, 0.3) is 0 Å². The summed E-state index contributed by atoms with van der Waals surface area (Å²) in [5, 5.41) is 0.493. The van der Waals surface area contributed by atoms with E-state index in [1.165, 1.54) is 12.1 Å². The molecule has 0 aliphatic heterocycles. The molecular weight excluding hydrogens is 205 g/mol. The fourth-order valence-electron chi connectivity index (χ4n) is 2.12. The number of rotatable bonds is 1. The lowest BCUT2D eigenvalue weighted by Crippen LogP contribution is -2.11. The minimum atomic E-state index is -0.349. The molecule has 1 aromatic heterocycles. The van der Waals surface area contributed by atoms with Crippen LogP contribution in [0.3, 0.4) is 0 Å². The Balaban J connectivity index is 2.43. The maximum absolute atomic E-state index is 13.1. The van der Waals surface area contributed by atoms with Crippen molar-refractivity contribution < 1.29 is 4.39 Å². The first-order valence-corrected chi connectivity index (χ1v) is 5.48. The summed E-state index contributed by atoms with van der Waals surface area (Å²) in [6.45, 7) is 1.78. The molecule has 3 rings (SSSR count). The maximum Gasteiger partial charge on any atom is 0.192 e. The van der Waals surface area contributed by atoms with Gasteiger partial charge < -0.3 is 4.57 Å². The highest BCUT2D eigenvalue weighted by molar-refractivity contribution is 5.79. The number of nitrogens with zero attached hydrogens (tertiary/aromatic N) is 1. The standard InChI is InChI=1S/C13H12FNO/c1-8-7-15(10-3-4-10)12-5-2-9(14)6-11(12)13(8)16/h2,5-7,10H,3-4H2,1H3. The fraction of sp³-hybridized carbons (Fsp3) is 0.308. The van der Waals surface area contributed by atoms with Gasteiger partial charge in [0.15, 0.2) is 5.43 Å². The highest BCUT2D eigenvalue weighted by Crippen LogP contribution is 2.36. The minimum absolute atomic E-state index is 0.0635. The molecule has 0 bridgehead atoms. The van der Waals surface area contributed by atoms with E-state index in [2.05, 4.69) is 4.57 Å². The second kappa shape index (κ2) is 3.17. The number of halogens is 1. The van der Waals surface area contributed by atoms with Gasteiger partial charge in [-0.25, -0.2) is 4.39 Å². The molecular formula is C13H12FNO. The lowest BCUT2D eigenvalue weighted by Gasteiger charge is -2.10. The van der Waals surface area contributed by atoms with Gasteiger partial charge in [-0.15, -0.1) is 0 Å². The number of hydrogen-bond donors (Lipinski definition) is 0. The monoisotopic (exact) mass is 217 g/mol. The van der Waals surface area contributed by atoms with Crippen LogP contribution in [0.2, 0.25) is 0 Å². The van der Waals surface area contributed by atoms with Crippen molar-refractivity contribution in [3.8, 4) is 0 Å². The molecule has 1 aliphatic rings. The van der Waals surface area contributed by atoms with E-state index in [1.54, 1.807) is 13.0 Å². The average molecular weight is 217 g/mol. The normalized spacial score (nSPS) is 15.6. The Labute approximate surface area is 92.3 Å². The molecule has 1 aliphatic carbocycles. The van der Waals surface area contributed by atoms with Crippen molar-refractivity contribution >= 4 is 10.9 Å². The fourth-order valence-corrected chi connectivity index (χ4v) is 2.12. The third kappa shape index (κ3) is 1.35. The molecule has 0 amide bonds. The van der Waals surface area contributed by atoms with Crippen LogP contribution in [0.4, 0.5) is 4.39 Å². The van der Waals surface area contributed by atoms with Gasteiger partial charge in [0.2, 0.25) is 0 Å². The summed E-state index contributed by atoms with van der Waals surface area (Å²) >= 11 is 0. The SMILES string of the molecule is Cc1cn(C2CC2)c2ccc(F)cc2c1=O. The van der Waals surface area contributed by atoms with Crippen molar-refractivity contribution in [1.29, 1.82) is 0 Å². The van der Waals surface area contributed by atoms with Gasteiger partial charge in [0.1, 0.15) is 5.82 Å². The molecule has 0 radical (unpaired) electrons. The summed E-state index contributed by atoms with van der Waals surface area (Å²) < 4.78 is 15.3. The quantitative estimate of drug-likeness (QED) is 0.720. The van der Waals surface area contributed by atoms with Crippen LogP contribution in [0.1, 0.15) is 24.4 Å². The second-order valence-corrected chi connectivity index (χ2v) is 4.44. The molecule has 0 spiro atoms. The molecule has 0 atom stereocenters. The zero-order valence-corrected chi connectivity index (χ0v) is 9.03. The van der Waals surface area contributed by atoms with Gasteiger partial charge >= 0.3 is 0 Å². The number of fused-ring (bicyclic) bond motifs is 1. The van der Waals surface area contributed by atoms with Gasteiger partial charge in [-0.3, -0.25) is 4.79 Å². The van der Waals surface area contributed by atoms with E-state index in [0.717, 1.165) is 18.4 Å². The second-order valence-electron chi connectivity index (χ2n) is 4.44. The zero-order valence-electron chi connectivity index (χ0n) is 9.03. The molecule has 0 unspecified atom stereocenters. The van der Waals surface area contributed by atoms with E-state index in [-0.39, 0.29) is 11.2 Å². The molecule has 2 aromatic rings. The first-order valence-electron chi connectivity index (χ1n) is 5.48. The molecule has 16 heavy (non-hydrogen) atoms. The Bertz CT molecular complexity index is 626. The molecule has 1 saturated carbocycles. The van der Waals surface area contributed by atoms with Crippen molar-refractivity contribution in [3.05, 3.63) is 46.0 Å². The van der Waals surface area contributed by atoms with Gasteiger partial charge in [0.05, 0.1) is 5.52 Å². The average Bonchev–Trinajstić information content (AvgIpc) is 3.07. The van der Waals surface area contributed by atoms with Crippen LogP contribution >= 0.6 is 0 Å². The van der Waals surface area contributed by atoms with E-state index in [9.17, 15) is 9.18 Å². The zero-order chi connectivity index (χ0) is 11.3. The van der Waals surface area contributed by atoms with Crippen molar-refractivity contribution in [1.82, 2.24) is 4.57 Å². The molecule has 0 N–H and O–H groups in total. The van der Waals surface area contributed by atoms with E-state index in [1.807, 2.05) is 6.20 Å². The van der Waals surface area contributed by atoms with Crippen LogP contribution in [-0.2, 0) is 0 Å². The summed E-state index contributed by atoms with van der Waals surface area (Å²) in [7, 11) is 0. The Kier molecular flexibility index (Phi) is 1.90. The molecule has 82 valence electrons. The van der Waals surface area contributed by atoms with E-state index >= 15 is 0 Å². The highest BCUT2D eigenvalue weighted by atomic mass is 19.1. The predicted octanol–water partition coefficient (Wildman–Crippen LogP) is 2.78. The van der Waals surface area contributed by atoms with E-state index in [4.69, 9.17) is 0 Å². The number of aryl methyl sites for hydroxylation is 1. The van der Waals surface area contributed by atoms with Crippen LogP contribution in [0.5, 0.6) is 0 Å². The summed E-state index contributed by atoms with van der Waals surface area (Å²) in [5.74, 6) is -0.349. The molecule has 2 nitrogen and oxygen atoms in total. The number of hydrogen-bond acceptors (Lipinski definition) is 1. The van der Waals surface area contributed by atoms with Crippen molar-refractivity contribution in [3.63, 3.8) is 0 Å². The largest absolute Gasteiger partial charge is 0.344 e. The smallest absolute Gasteiger partial charge is 0.192 e. The van der Waals surface area contributed by atoms with Crippen molar-refractivity contribution in [2.45, 2.75) is 25.8 Å². The van der Waals surface area contributed by atoms with Crippen LogP contribution in [0.25, 0.3) is 10.9 Å². The van der Waals surface area contributed by atoms with Crippen molar-refractivity contribution in [2.24, 2.45) is 0 Å². The van der Waals surface area contributed by atoms with Crippen LogP contribution < -0.4 is 5.43 Å². The summed E-state index contributed by atoms with van der Waals surface area (Å²) in [5.41, 5.74) is 1.47. The lowest BCUT2D eigenvalue weighted by atomic mass is 10.1. The van der Waals surface area contributed by atoms with Gasteiger partial charge in [-0.05, 0) is 38.0 Å². The Hall–Kier alpha value is -1.64. The minimum Gasteiger partial charge on any atom is -0.344 e. The highest BCUT2D eigenvalue weighted by Gasteiger charge is 2.24. The lowest BCUT2D eigenvalue weighted by molar-refractivity contribution is 0.629. The molecule has 1 aromatic carbocycles. The van der Waals surface area contributed by atoms with Crippen LogP contribution in [0, 0.1) is 12.7 Å². The maximum atomic E-state index is 13.1. The van der Waals surface area contributed by atoms with Gasteiger partial charge in [-0.2, -0.15) is 0 Å². The topological polar surface area (TPSA) is 22.0 Å². The van der Waals surface area contributed by atoms with Crippen LogP contribution in [-0.4, -0.2) is 4.57 Å². The Morgan fingerprint density at radius 2 is 2.12 bits per heavy atom. The van der Waals surface area contributed by atoms with Crippen molar-refractivity contribution in [2.75, 3.05) is 0 Å². The van der Waals surface area contributed by atoms with Gasteiger partial charge in [0, 0.05) is 23.2 Å². The molecule has 0 saturated heterocycles. The predicted molar refractivity (Wildman–Crippen MR) is 61.2 cm³/mol. The Morgan fingerprint density at radius 3 is 2.81 bits per heavy atom. The third-order valence-electron chi connectivity index (χ3n) is 3.11. The summed E-state index contributed by atoms with van der Waals surface area (Å²) in [6.07, 6.45) is 4.18. The van der Waals surface area contributed by atoms with Gasteiger partial charge in [-0.1, -0.05) is 0 Å². The summed E-state index contributed by atoms with van der Waals surface area (Å²) in [6, 6.07) is 4.94.